The molecule has 4 aromatic rings. The van der Waals surface area contributed by atoms with Gasteiger partial charge < -0.3 is 30.2 Å². The Hall–Kier alpha value is -4.51. The van der Waals surface area contributed by atoms with E-state index in [4.69, 9.17) is 4.74 Å². The predicted octanol–water partition coefficient (Wildman–Crippen LogP) is 12.6. The third kappa shape index (κ3) is 17.3. The van der Waals surface area contributed by atoms with Crippen LogP contribution in [0.1, 0.15) is 129 Å². The van der Waals surface area contributed by atoms with E-state index in [1.165, 1.54) is 44.9 Å². The molecule has 2 aliphatic heterocycles. The van der Waals surface area contributed by atoms with Gasteiger partial charge >= 0.3 is 0 Å². The molecule has 2 fully saturated rings. The average Bonchev–Trinajstić information content (AvgIpc) is 3.67. The first kappa shape index (κ1) is 50.5. The monoisotopic (exact) mass is 794 g/mol. The number of unbranched alkanes of at least 4 members (excludes halogenated alkanes) is 4. The molecule has 6 rings (SSSR count). The Morgan fingerprint density at radius 1 is 0.842 bits per heavy atom. The molecule has 0 saturated carbocycles. The zero-order valence-electron chi connectivity index (χ0n) is 36.7. The molecule has 0 unspecified atom stereocenters. The SMILES string of the molecule is C/C=C/C.CC.CCCC.CCCCCC.CF.Cc1cc2c(F)c(Oc3ncnc(Nc4ccc(N5CCNCC5)cc4)c3C(=O)N3CCCCC3)ccc2[nH]1. The number of likely N-dealkylation sites (tertiary alicyclic amines) is 1. The highest BCUT2D eigenvalue weighted by Gasteiger charge is 2.28. The molecule has 0 aliphatic carbocycles. The number of H-pyrrole nitrogens is 1. The minimum absolute atomic E-state index is 0.000724. The Kier molecular flexibility index (Phi) is 27.1. The summed E-state index contributed by atoms with van der Waals surface area (Å²) >= 11 is 0. The number of fused-ring (bicyclic) bond motifs is 1. The van der Waals surface area contributed by atoms with Crippen LogP contribution in [0.3, 0.4) is 0 Å². The van der Waals surface area contributed by atoms with E-state index in [0.717, 1.165) is 62.5 Å². The smallest absolute Gasteiger partial charge is 0.263 e. The zero-order valence-corrected chi connectivity index (χ0v) is 36.7. The minimum Gasteiger partial charge on any atom is -0.435 e. The van der Waals surface area contributed by atoms with Crippen molar-refractivity contribution in [1.82, 2.24) is 25.2 Å². The molecule has 318 valence electrons. The highest BCUT2D eigenvalue weighted by Crippen LogP contribution is 2.34. The zero-order chi connectivity index (χ0) is 42.4. The molecule has 0 bridgehead atoms. The van der Waals surface area contributed by atoms with Crippen LogP contribution in [-0.4, -0.2) is 72.2 Å². The number of amides is 1. The molecular weight excluding hydrogens is 721 g/mol. The van der Waals surface area contributed by atoms with Crippen LogP contribution in [0.4, 0.5) is 26.0 Å². The third-order valence-electron chi connectivity index (χ3n) is 9.12. The first-order valence-electron chi connectivity index (χ1n) is 21.2. The number of ether oxygens (including phenoxy) is 1. The van der Waals surface area contributed by atoms with Crippen molar-refractivity contribution in [3.05, 3.63) is 78.0 Å². The number of carbonyl (C=O) groups excluding carboxylic acids is 1. The van der Waals surface area contributed by atoms with Gasteiger partial charge in [-0.05, 0) is 82.5 Å². The number of carbonyl (C=O) groups is 1. The van der Waals surface area contributed by atoms with E-state index in [2.05, 4.69) is 70.3 Å². The number of halogens is 2. The summed E-state index contributed by atoms with van der Waals surface area (Å²) in [6.07, 6.45) is 16.5. The number of benzene rings is 2. The molecule has 11 heteroatoms. The van der Waals surface area contributed by atoms with Crippen LogP contribution < -0.4 is 20.3 Å². The van der Waals surface area contributed by atoms with Gasteiger partial charge in [0.2, 0.25) is 5.88 Å². The molecule has 3 N–H and O–H groups in total. The molecule has 0 spiro atoms. The van der Waals surface area contributed by atoms with Gasteiger partial charge in [-0.1, -0.05) is 92.2 Å². The summed E-state index contributed by atoms with van der Waals surface area (Å²) < 4.78 is 30.9. The standard InChI is InChI=1S/C29H32FN7O2.C6H14.C4H10.C4H8.C2H6.CH3F/c1-19-17-22-23(34-19)9-10-24(26(22)30)39-28-25(29(38)37-13-3-2-4-14-37)27(32-18-33-28)35-20-5-7-21(8-6-20)36-15-11-31-12-16-36;1-3-5-6-4-2;2*1-3-4-2;2*1-2/h5-10,17-18,31,34H,2-4,11-16H2,1H3,(H,32,33,35);3-6H2,1-2H3;3-4H2,1-2H3;3-4H,1-2H3;1-2H3;1H3/b;;;4-3+;;. The van der Waals surface area contributed by atoms with Crippen molar-refractivity contribution in [3.63, 3.8) is 0 Å². The Labute approximate surface area is 343 Å². The maximum absolute atomic E-state index is 15.4. The van der Waals surface area contributed by atoms with Gasteiger partial charge in [-0.25, -0.2) is 14.4 Å². The van der Waals surface area contributed by atoms with Crippen LogP contribution in [-0.2, 0) is 0 Å². The number of hydrogen-bond acceptors (Lipinski definition) is 7. The Morgan fingerprint density at radius 3 is 1.98 bits per heavy atom. The summed E-state index contributed by atoms with van der Waals surface area (Å²) in [7, 11) is 0.500. The number of alkyl halides is 1. The number of hydrogen-bond donors (Lipinski definition) is 3. The van der Waals surface area contributed by atoms with Crippen molar-refractivity contribution < 1.29 is 18.3 Å². The molecule has 57 heavy (non-hydrogen) atoms. The van der Waals surface area contributed by atoms with E-state index >= 15 is 4.39 Å². The summed E-state index contributed by atoms with van der Waals surface area (Å²) in [6.45, 7) is 23.8. The Bertz CT molecular complexity index is 1660. The van der Waals surface area contributed by atoms with E-state index in [0.29, 0.717) is 37.0 Å². The third-order valence-corrected chi connectivity index (χ3v) is 9.12. The largest absolute Gasteiger partial charge is 0.435 e. The molecule has 2 aromatic carbocycles. The molecule has 0 atom stereocenters. The number of piperidine rings is 1. The van der Waals surface area contributed by atoms with Crippen molar-refractivity contribution in [2.75, 3.05) is 56.7 Å². The number of allylic oxidation sites excluding steroid dienone is 2. The second-order valence-electron chi connectivity index (χ2n) is 13.4. The fourth-order valence-electron chi connectivity index (χ4n) is 5.78. The lowest BCUT2D eigenvalue weighted by molar-refractivity contribution is 0.0721. The Morgan fingerprint density at radius 2 is 1.44 bits per heavy atom. The molecule has 9 nitrogen and oxygen atoms in total. The topological polar surface area (TPSA) is 98.4 Å². The van der Waals surface area contributed by atoms with Crippen LogP contribution in [0.15, 0.2) is 60.9 Å². The summed E-state index contributed by atoms with van der Waals surface area (Å²) in [5, 5.41) is 7.08. The van der Waals surface area contributed by atoms with Gasteiger partial charge in [0.25, 0.3) is 5.91 Å². The first-order valence-corrected chi connectivity index (χ1v) is 21.2. The number of nitrogens with one attached hydrogen (secondary N) is 3. The molecule has 0 radical (unpaired) electrons. The van der Waals surface area contributed by atoms with E-state index in [-0.39, 0.29) is 23.1 Å². The van der Waals surface area contributed by atoms with E-state index in [9.17, 15) is 9.18 Å². The van der Waals surface area contributed by atoms with E-state index in [1.807, 2.05) is 58.9 Å². The van der Waals surface area contributed by atoms with Gasteiger partial charge in [0, 0.05) is 67.2 Å². The van der Waals surface area contributed by atoms with Gasteiger partial charge in [0.15, 0.2) is 17.4 Å². The number of piperazine rings is 1. The quantitative estimate of drug-likeness (QED) is 0.109. The van der Waals surface area contributed by atoms with E-state index in [1.54, 1.807) is 23.1 Å². The lowest BCUT2D eigenvalue weighted by atomic mass is 10.1. The number of rotatable bonds is 10. The van der Waals surface area contributed by atoms with Crippen molar-refractivity contribution >= 4 is 34.0 Å². The van der Waals surface area contributed by atoms with Gasteiger partial charge in [-0.3, -0.25) is 9.18 Å². The number of aromatic amines is 1. The maximum atomic E-state index is 15.4. The second kappa shape index (κ2) is 30.6. The number of anilines is 3. The van der Waals surface area contributed by atoms with Crippen LogP contribution in [0.25, 0.3) is 10.9 Å². The van der Waals surface area contributed by atoms with Crippen LogP contribution in [0.5, 0.6) is 11.6 Å². The van der Waals surface area contributed by atoms with Crippen molar-refractivity contribution in [1.29, 1.82) is 0 Å². The Balaban J connectivity index is 0.000000767. The first-order chi connectivity index (χ1) is 27.8. The van der Waals surface area contributed by atoms with Crippen molar-refractivity contribution in [2.45, 2.75) is 120 Å². The fourth-order valence-corrected chi connectivity index (χ4v) is 5.78. The fraction of sp³-hybridized carbons (Fsp3) is 0.543. The van der Waals surface area contributed by atoms with Gasteiger partial charge in [-0.15, -0.1) is 0 Å². The van der Waals surface area contributed by atoms with Crippen molar-refractivity contribution in [2.24, 2.45) is 0 Å². The van der Waals surface area contributed by atoms with Crippen LogP contribution in [0, 0.1) is 12.7 Å². The minimum atomic E-state index is -0.509. The number of aryl methyl sites for hydroxylation is 1. The summed E-state index contributed by atoms with van der Waals surface area (Å²) in [4.78, 5) is 29.8. The maximum Gasteiger partial charge on any atom is 0.263 e. The highest BCUT2D eigenvalue weighted by molar-refractivity contribution is 6.01. The van der Waals surface area contributed by atoms with Gasteiger partial charge in [0.1, 0.15) is 11.9 Å². The molecule has 1 amide bonds. The van der Waals surface area contributed by atoms with Crippen molar-refractivity contribution in [3.8, 4) is 11.6 Å². The molecular formula is C46H73F2N7O2. The van der Waals surface area contributed by atoms with Gasteiger partial charge in [0.05, 0.1) is 7.18 Å². The predicted molar refractivity (Wildman–Crippen MR) is 239 cm³/mol. The van der Waals surface area contributed by atoms with E-state index < -0.39 is 5.82 Å². The molecule has 4 heterocycles. The lowest BCUT2D eigenvalue weighted by Gasteiger charge is -2.29. The normalized spacial score (nSPS) is 13.3. The lowest BCUT2D eigenvalue weighted by Crippen LogP contribution is -2.43. The molecule has 2 aliphatic rings. The number of aromatic nitrogens is 3. The van der Waals surface area contributed by atoms with Crippen LogP contribution >= 0.6 is 0 Å². The average molecular weight is 794 g/mol. The molecule has 2 aromatic heterocycles. The number of nitrogens with zero attached hydrogens (tertiary/aromatic N) is 4. The second-order valence-corrected chi connectivity index (χ2v) is 13.4. The van der Waals surface area contributed by atoms with Crippen LogP contribution in [0.2, 0.25) is 0 Å². The molecule has 2 saturated heterocycles. The highest BCUT2D eigenvalue weighted by atomic mass is 19.1. The summed E-state index contributed by atoms with van der Waals surface area (Å²) in [5.41, 5.74) is 3.64. The summed E-state index contributed by atoms with van der Waals surface area (Å²) in [6, 6.07) is 13.1. The summed E-state index contributed by atoms with van der Waals surface area (Å²) in [5.74, 6) is -0.399. The van der Waals surface area contributed by atoms with Gasteiger partial charge in [-0.2, -0.15) is 0 Å².